The molecule has 0 N–H and O–H groups in total. The van der Waals surface area contributed by atoms with E-state index in [0.29, 0.717) is 12.2 Å². The highest BCUT2D eigenvalue weighted by molar-refractivity contribution is 9.10. The van der Waals surface area contributed by atoms with Crippen LogP contribution in [0.1, 0.15) is 24.2 Å². The lowest BCUT2D eigenvalue weighted by atomic mass is 10.2. The van der Waals surface area contributed by atoms with Gasteiger partial charge in [-0.1, -0.05) is 0 Å². The molecule has 0 aliphatic heterocycles. The maximum absolute atomic E-state index is 10.7. The maximum Gasteiger partial charge on any atom is 0.151 e. The molecule has 0 bridgehead atoms. The van der Waals surface area contributed by atoms with Gasteiger partial charge in [-0.05, 0) is 48.0 Å². The van der Waals surface area contributed by atoms with Crippen LogP contribution in [0.4, 0.5) is 5.69 Å². The third kappa shape index (κ3) is 4.48. The van der Waals surface area contributed by atoms with Crippen LogP contribution in [0.25, 0.3) is 0 Å². The first-order chi connectivity index (χ1) is 8.04. The Hall–Kier alpha value is -0.870. The molecule has 17 heavy (non-hydrogen) atoms. The first-order valence-corrected chi connectivity index (χ1v) is 6.41. The van der Waals surface area contributed by atoms with Crippen molar-refractivity contribution in [1.29, 1.82) is 0 Å². The van der Waals surface area contributed by atoms with Crippen LogP contribution in [0.2, 0.25) is 0 Å². The zero-order valence-electron chi connectivity index (χ0n) is 10.4. The molecule has 0 spiro atoms. The molecule has 0 saturated carbocycles. The van der Waals surface area contributed by atoms with Crippen molar-refractivity contribution in [2.45, 2.75) is 20.0 Å². The van der Waals surface area contributed by atoms with Crippen LogP contribution >= 0.6 is 15.9 Å². The Kier molecular flexibility index (Phi) is 5.65. The minimum Gasteiger partial charge on any atom is -0.377 e. The highest BCUT2D eigenvalue weighted by atomic mass is 79.9. The number of rotatable bonds is 6. The van der Waals surface area contributed by atoms with Crippen molar-refractivity contribution in [2.24, 2.45) is 0 Å². The van der Waals surface area contributed by atoms with Gasteiger partial charge in [0.25, 0.3) is 0 Å². The second kappa shape index (κ2) is 6.77. The molecule has 94 valence electrons. The molecule has 1 aromatic rings. The van der Waals surface area contributed by atoms with Crippen molar-refractivity contribution in [3.8, 4) is 0 Å². The largest absolute Gasteiger partial charge is 0.377 e. The van der Waals surface area contributed by atoms with E-state index in [1.54, 1.807) is 0 Å². The summed E-state index contributed by atoms with van der Waals surface area (Å²) in [4.78, 5) is 12.8. The summed E-state index contributed by atoms with van der Waals surface area (Å²) in [6, 6.07) is 5.69. The van der Waals surface area contributed by atoms with Gasteiger partial charge in [-0.15, -0.1) is 0 Å². The molecule has 0 radical (unpaired) electrons. The molecule has 3 nitrogen and oxygen atoms in total. The number of halogens is 1. The molecule has 0 amide bonds. The van der Waals surface area contributed by atoms with Crippen molar-refractivity contribution in [1.82, 2.24) is 0 Å². The van der Waals surface area contributed by atoms with Crippen molar-refractivity contribution < 1.29 is 9.53 Å². The summed E-state index contributed by atoms with van der Waals surface area (Å²) in [5.74, 6) is 0. The first-order valence-electron chi connectivity index (χ1n) is 5.62. The average Bonchev–Trinajstić information content (AvgIpc) is 2.28. The second-order valence-corrected chi connectivity index (χ2v) is 5.02. The number of anilines is 1. The number of nitrogens with zero attached hydrogens (tertiary/aromatic N) is 1. The summed E-state index contributed by atoms with van der Waals surface area (Å²) in [6.45, 7) is 5.57. The number of ether oxygens (including phenoxy) is 1. The predicted molar refractivity (Wildman–Crippen MR) is 73.9 cm³/mol. The van der Waals surface area contributed by atoms with Crippen LogP contribution in [0, 0.1) is 0 Å². The second-order valence-electron chi connectivity index (χ2n) is 4.16. The summed E-state index contributed by atoms with van der Waals surface area (Å²) in [5.41, 5.74) is 1.73. The van der Waals surface area contributed by atoms with Crippen LogP contribution < -0.4 is 4.90 Å². The number of benzene rings is 1. The molecule has 0 unspecified atom stereocenters. The fraction of sp³-hybridized carbons (Fsp3) is 0.462. The fourth-order valence-electron chi connectivity index (χ4n) is 1.40. The van der Waals surface area contributed by atoms with Gasteiger partial charge >= 0.3 is 0 Å². The standard InChI is InChI=1S/C13H18BrNO2/c1-10(2)17-7-6-15(3)12-5-4-11(9-16)13(14)8-12/h4-5,8-10H,6-7H2,1-3H3. The minimum absolute atomic E-state index is 0.257. The zero-order valence-corrected chi connectivity index (χ0v) is 12.0. The summed E-state index contributed by atoms with van der Waals surface area (Å²) in [7, 11) is 2.01. The topological polar surface area (TPSA) is 29.5 Å². The Morgan fingerprint density at radius 3 is 2.71 bits per heavy atom. The zero-order chi connectivity index (χ0) is 12.8. The van der Waals surface area contributed by atoms with Gasteiger partial charge in [0.15, 0.2) is 6.29 Å². The molecule has 0 aliphatic carbocycles. The average molecular weight is 300 g/mol. The molecular weight excluding hydrogens is 282 g/mol. The van der Waals surface area contributed by atoms with Gasteiger partial charge in [0, 0.05) is 29.3 Å². The maximum atomic E-state index is 10.7. The third-order valence-corrected chi connectivity index (χ3v) is 3.12. The van der Waals surface area contributed by atoms with E-state index in [4.69, 9.17) is 4.74 Å². The van der Waals surface area contributed by atoms with Crippen LogP contribution in [-0.2, 0) is 4.74 Å². The van der Waals surface area contributed by atoms with Crippen LogP contribution in [0.5, 0.6) is 0 Å². The van der Waals surface area contributed by atoms with E-state index in [-0.39, 0.29) is 6.10 Å². The quantitative estimate of drug-likeness (QED) is 0.756. The Bertz CT molecular complexity index is 380. The van der Waals surface area contributed by atoms with E-state index in [1.807, 2.05) is 39.1 Å². The van der Waals surface area contributed by atoms with E-state index in [9.17, 15) is 4.79 Å². The number of aldehydes is 1. The highest BCUT2D eigenvalue weighted by Crippen LogP contribution is 2.22. The van der Waals surface area contributed by atoms with Gasteiger partial charge in [-0.3, -0.25) is 4.79 Å². The van der Waals surface area contributed by atoms with Gasteiger partial charge in [0.05, 0.1) is 12.7 Å². The van der Waals surface area contributed by atoms with E-state index in [1.165, 1.54) is 0 Å². The Labute approximate surface area is 111 Å². The predicted octanol–water partition coefficient (Wildman–Crippen LogP) is 3.12. The Morgan fingerprint density at radius 1 is 1.47 bits per heavy atom. The number of hydrogen-bond donors (Lipinski definition) is 0. The SMILES string of the molecule is CC(C)OCCN(C)c1ccc(C=O)c(Br)c1. The van der Waals surface area contributed by atoms with Crippen molar-refractivity contribution in [2.75, 3.05) is 25.1 Å². The lowest BCUT2D eigenvalue weighted by Gasteiger charge is -2.20. The smallest absolute Gasteiger partial charge is 0.151 e. The molecule has 0 aliphatic rings. The summed E-state index contributed by atoms with van der Waals surface area (Å²) in [5, 5.41) is 0. The fourth-order valence-corrected chi connectivity index (χ4v) is 1.86. The lowest BCUT2D eigenvalue weighted by molar-refractivity contribution is 0.0846. The molecule has 0 heterocycles. The van der Waals surface area contributed by atoms with Gasteiger partial charge in [-0.2, -0.15) is 0 Å². The van der Waals surface area contributed by atoms with Crippen LogP contribution in [-0.4, -0.2) is 32.6 Å². The summed E-state index contributed by atoms with van der Waals surface area (Å²) >= 11 is 3.38. The first kappa shape index (κ1) is 14.2. The molecule has 0 aromatic heterocycles. The monoisotopic (exact) mass is 299 g/mol. The van der Waals surface area contributed by atoms with Crippen LogP contribution in [0.3, 0.4) is 0 Å². The minimum atomic E-state index is 0.257. The lowest BCUT2D eigenvalue weighted by Crippen LogP contribution is -2.23. The summed E-state index contributed by atoms with van der Waals surface area (Å²) < 4.78 is 6.32. The number of carbonyl (C=O) groups is 1. The Balaban J connectivity index is 2.60. The van der Waals surface area contributed by atoms with Crippen molar-refractivity contribution in [3.63, 3.8) is 0 Å². The molecule has 0 saturated heterocycles. The molecule has 1 aromatic carbocycles. The number of hydrogen-bond acceptors (Lipinski definition) is 3. The van der Waals surface area contributed by atoms with Crippen LogP contribution in [0.15, 0.2) is 22.7 Å². The number of carbonyl (C=O) groups excluding carboxylic acids is 1. The summed E-state index contributed by atoms with van der Waals surface area (Å²) in [6.07, 6.45) is 1.10. The van der Waals surface area contributed by atoms with Crippen molar-refractivity contribution >= 4 is 27.9 Å². The molecule has 1 rings (SSSR count). The van der Waals surface area contributed by atoms with E-state index in [2.05, 4.69) is 20.8 Å². The number of likely N-dealkylation sites (N-methyl/N-ethyl adjacent to an activating group) is 1. The van der Waals surface area contributed by atoms with E-state index >= 15 is 0 Å². The van der Waals surface area contributed by atoms with Gasteiger partial charge < -0.3 is 9.64 Å². The molecule has 0 atom stereocenters. The van der Waals surface area contributed by atoms with Gasteiger partial charge in [0.2, 0.25) is 0 Å². The third-order valence-electron chi connectivity index (χ3n) is 2.43. The van der Waals surface area contributed by atoms with Gasteiger partial charge in [-0.25, -0.2) is 0 Å². The molecule has 0 fully saturated rings. The van der Waals surface area contributed by atoms with Gasteiger partial charge in [0.1, 0.15) is 0 Å². The molecule has 4 heteroatoms. The van der Waals surface area contributed by atoms with Crippen molar-refractivity contribution in [3.05, 3.63) is 28.2 Å². The Morgan fingerprint density at radius 2 is 2.18 bits per heavy atom. The van der Waals surface area contributed by atoms with E-state index < -0.39 is 0 Å². The van der Waals surface area contributed by atoms with E-state index in [0.717, 1.165) is 23.0 Å². The highest BCUT2D eigenvalue weighted by Gasteiger charge is 2.05. The molecular formula is C13H18BrNO2. The normalized spacial score (nSPS) is 10.6.